The molecule has 0 fully saturated rings. The van der Waals surface area contributed by atoms with E-state index in [9.17, 15) is 29.4 Å². The van der Waals surface area contributed by atoms with Crippen molar-refractivity contribution in [3.8, 4) is 5.75 Å². The van der Waals surface area contributed by atoms with Crippen LogP contribution in [0.5, 0.6) is 5.75 Å². The van der Waals surface area contributed by atoms with Crippen LogP contribution in [0.3, 0.4) is 0 Å². The number of hydrogen-bond acceptors (Lipinski definition) is 7. The molecule has 0 spiro atoms. The van der Waals surface area contributed by atoms with Crippen molar-refractivity contribution in [2.24, 2.45) is 11.7 Å². The molecule has 11 heteroatoms. The topological polar surface area (TPSA) is 171 Å². The number of aromatic hydroxyl groups is 1. The van der Waals surface area contributed by atoms with Crippen molar-refractivity contribution < 1.29 is 29.4 Å². The van der Waals surface area contributed by atoms with Crippen LogP contribution in [0.4, 0.5) is 0 Å². The standard InChI is InChI=1S/C21H32N4O6S/c1-11(2)8-15(22)19(28)23-12(3)18(27)25-17(10-32)20(29)24-16(21(30)31)9-13-4-6-14(26)7-5-13/h4-7,11-12,15-17,26,32H,8-10,22H2,1-3H3,(H,23,28)(H,24,29)(H,25,27)(H,30,31). The molecule has 4 unspecified atom stereocenters. The van der Waals surface area contributed by atoms with Gasteiger partial charge in [-0.25, -0.2) is 4.79 Å². The molecule has 1 aromatic rings. The maximum absolute atomic E-state index is 12.6. The number of carboxylic acids is 1. The van der Waals surface area contributed by atoms with E-state index >= 15 is 0 Å². The van der Waals surface area contributed by atoms with Gasteiger partial charge in [0.05, 0.1) is 6.04 Å². The van der Waals surface area contributed by atoms with Gasteiger partial charge in [-0.05, 0) is 37.0 Å². The lowest BCUT2D eigenvalue weighted by Crippen LogP contribution is -2.57. The second kappa shape index (κ2) is 12.9. The summed E-state index contributed by atoms with van der Waals surface area (Å²) in [5.41, 5.74) is 6.40. The van der Waals surface area contributed by atoms with Crippen molar-refractivity contribution in [2.75, 3.05) is 5.75 Å². The SMILES string of the molecule is CC(C)CC(N)C(=O)NC(C)C(=O)NC(CS)C(=O)NC(Cc1ccc(O)cc1)C(=O)O. The van der Waals surface area contributed by atoms with E-state index < -0.39 is 47.9 Å². The van der Waals surface area contributed by atoms with Crippen LogP contribution in [0, 0.1) is 5.92 Å². The molecular formula is C21H32N4O6S. The fourth-order valence-electron chi connectivity index (χ4n) is 2.83. The normalized spacial score (nSPS) is 14.7. The summed E-state index contributed by atoms with van der Waals surface area (Å²) in [6, 6.07) is 1.83. The highest BCUT2D eigenvalue weighted by Crippen LogP contribution is 2.11. The molecule has 3 amide bonds. The van der Waals surface area contributed by atoms with Crippen LogP contribution >= 0.6 is 12.6 Å². The van der Waals surface area contributed by atoms with E-state index in [0.29, 0.717) is 12.0 Å². The first-order chi connectivity index (χ1) is 14.9. The van der Waals surface area contributed by atoms with Gasteiger partial charge in [0.1, 0.15) is 23.9 Å². The summed E-state index contributed by atoms with van der Waals surface area (Å²) in [6.07, 6.45) is 0.439. The van der Waals surface area contributed by atoms with Crippen LogP contribution in [-0.2, 0) is 25.6 Å². The molecule has 4 atom stereocenters. The van der Waals surface area contributed by atoms with E-state index in [1.165, 1.54) is 19.1 Å². The Morgan fingerprint density at radius 1 is 0.938 bits per heavy atom. The molecule has 1 aromatic carbocycles. The Morgan fingerprint density at radius 3 is 2.00 bits per heavy atom. The molecule has 1 rings (SSSR count). The number of nitrogens with two attached hydrogens (primary N) is 1. The van der Waals surface area contributed by atoms with Gasteiger partial charge in [-0.1, -0.05) is 26.0 Å². The third-order valence-electron chi connectivity index (χ3n) is 4.62. The third kappa shape index (κ3) is 9.15. The number of phenols is 1. The molecule has 0 radical (unpaired) electrons. The number of benzene rings is 1. The quantitative estimate of drug-likeness (QED) is 0.208. The molecule has 10 nitrogen and oxygen atoms in total. The Balaban J connectivity index is 2.70. The molecule has 0 heterocycles. The first-order valence-corrected chi connectivity index (χ1v) is 10.9. The Labute approximate surface area is 192 Å². The Hall–Kier alpha value is -2.79. The van der Waals surface area contributed by atoms with Gasteiger partial charge in [0.25, 0.3) is 0 Å². The Bertz CT molecular complexity index is 802. The van der Waals surface area contributed by atoms with Crippen LogP contribution in [0.1, 0.15) is 32.8 Å². The molecule has 0 aromatic heterocycles. The van der Waals surface area contributed by atoms with Crippen LogP contribution in [0.15, 0.2) is 24.3 Å². The number of thiol groups is 1. The van der Waals surface area contributed by atoms with Gasteiger partial charge in [-0.2, -0.15) is 12.6 Å². The van der Waals surface area contributed by atoms with Gasteiger partial charge in [0, 0.05) is 12.2 Å². The van der Waals surface area contributed by atoms with Gasteiger partial charge in [0.2, 0.25) is 17.7 Å². The Kier molecular flexibility index (Phi) is 11.0. The lowest BCUT2D eigenvalue weighted by Gasteiger charge is -2.23. The summed E-state index contributed by atoms with van der Waals surface area (Å²) in [6.45, 7) is 5.30. The van der Waals surface area contributed by atoms with Gasteiger partial charge in [0.15, 0.2) is 0 Å². The average molecular weight is 469 g/mol. The van der Waals surface area contributed by atoms with E-state index in [4.69, 9.17) is 5.73 Å². The first-order valence-electron chi connectivity index (χ1n) is 10.2. The number of hydrogen-bond donors (Lipinski definition) is 7. The maximum Gasteiger partial charge on any atom is 0.326 e. The summed E-state index contributed by atoms with van der Waals surface area (Å²) >= 11 is 4.06. The number of phenolic OH excluding ortho intramolecular Hbond substituents is 1. The smallest absolute Gasteiger partial charge is 0.326 e. The maximum atomic E-state index is 12.6. The minimum absolute atomic E-state index is 0.0191. The molecule has 0 aliphatic carbocycles. The van der Waals surface area contributed by atoms with Crippen LogP contribution in [-0.4, -0.2) is 63.8 Å². The van der Waals surface area contributed by atoms with Crippen molar-refractivity contribution in [2.45, 2.75) is 57.8 Å². The predicted octanol–water partition coefficient (Wildman–Crippen LogP) is -0.203. The molecule has 0 saturated carbocycles. The lowest BCUT2D eigenvalue weighted by molar-refractivity contribution is -0.142. The number of rotatable bonds is 12. The zero-order valence-electron chi connectivity index (χ0n) is 18.4. The lowest BCUT2D eigenvalue weighted by atomic mass is 10.0. The number of aliphatic carboxylic acids is 1. The highest BCUT2D eigenvalue weighted by atomic mass is 32.1. The number of carboxylic acid groups (broad SMARTS) is 1. The molecular weight excluding hydrogens is 436 g/mol. The zero-order chi connectivity index (χ0) is 24.4. The minimum Gasteiger partial charge on any atom is -0.508 e. The second-order valence-corrected chi connectivity index (χ2v) is 8.35. The van der Waals surface area contributed by atoms with Crippen LogP contribution in [0.25, 0.3) is 0 Å². The van der Waals surface area contributed by atoms with Crippen molar-refractivity contribution in [1.82, 2.24) is 16.0 Å². The van der Waals surface area contributed by atoms with Gasteiger partial charge >= 0.3 is 5.97 Å². The summed E-state index contributed by atoms with van der Waals surface area (Å²) in [7, 11) is 0. The molecule has 178 valence electrons. The van der Waals surface area contributed by atoms with Gasteiger partial charge in [-0.3, -0.25) is 14.4 Å². The average Bonchev–Trinajstić information content (AvgIpc) is 2.71. The molecule has 7 N–H and O–H groups in total. The van der Waals surface area contributed by atoms with Crippen LogP contribution < -0.4 is 21.7 Å². The van der Waals surface area contributed by atoms with Crippen LogP contribution in [0.2, 0.25) is 0 Å². The predicted molar refractivity (Wildman–Crippen MR) is 122 cm³/mol. The van der Waals surface area contributed by atoms with Gasteiger partial charge < -0.3 is 31.9 Å². The first kappa shape index (κ1) is 27.2. The molecule has 0 aliphatic rings. The molecule has 0 aliphatic heterocycles. The third-order valence-corrected chi connectivity index (χ3v) is 4.99. The molecule has 32 heavy (non-hydrogen) atoms. The molecule has 0 saturated heterocycles. The zero-order valence-corrected chi connectivity index (χ0v) is 19.3. The van der Waals surface area contributed by atoms with Crippen molar-refractivity contribution in [3.63, 3.8) is 0 Å². The summed E-state index contributed by atoms with van der Waals surface area (Å²) in [5, 5.41) is 26.1. The number of carbonyl (C=O) groups excluding carboxylic acids is 3. The highest BCUT2D eigenvalue weighted by Gasteiger charge is 2.28. The fraction of sp³-hybridized carbons (Fsp3) is 0.524. The highest BCUT2D eigenvalue weighted by molar-refractivity contribution is 7.80. The van der Waals surface area contributed by atoms with E-state index in [1.807, 2.05) is 13.8 Å². The van der Waals surface area contributed by atoms with Gasteiger partial charge in [-0.15, -0.1) is 0 Å². The number of amides is 3. The van der Waals surface area contributed by atoms with Crippen molar-refractivity contribution in [1.29, 1.82) is 0 Å². The van der Waals surface area contributed by atoms with Crippen molar-refractivity contribution in [3.05, 3.63) is 29.8 Å². The van der Waals surface area contributed by atoms with E-state index in [1.54, 1.807) is 12.1 Å². The van der Waals surface area contributed by atoms with Crippen molar-refractivity contribution >= 4 is 36.3 Å². The Morgan fingerprint density at radius 2 is 1.50 bits per heavy atom. The fourth-order valence-corrected chi connectivity index (χ4v) is 3.09. The monoisotopic (exact) mass is 468 g/mol. The minimum atomic E-state index is -1.25. The summed E-state index contributed by atoms with van der Waals surface area (Å²) in [5.74, 6) is -2.93. The second-order valence-electron chi connectivity index (χ2n) is 7.98. The summed E-state index contributed by atoms with van der Waals surface area (Å²) in [4.78, 5) is 48.7. The molecule has 0 bridgehead atoms. The number of carbonyl (C=O) groups is 4. The summed E-state index contributed by atoms with van der Waals surface area (Å²) < 4.78 is 0. The van der Waals surface area contributed by atoms with E-state index in [2.05, 4.69) is 28.6 Å². The van der Waals surface area contributed by atoms with E-state index in [0.717, 1.165) is 0 Å². The van der Waals surface area contributed by atoms with E-state index in [-0.39, 0.29) is 23.8 Å². The number of nitrogens with one attached hydrogen (secondary N) is 3. The largest absolute Gasteiger partial charge is 0.508 e.